The van der Waals surface area contributed by atoms with E-state index in [4.69, 9.17) is 5.73 Å². The summed E-state index contributed by atoms with van der Waals surface area (Å²) in [4.78, 5) is 2.34. The fraction of sp³-hybridized carbons (Fsp3) is 0.500. The molecule has 0 bridgehead atoms. The van der Waals surface area contributed by atoms with Crippen molar-refractivity contribution in [2.45, 2.75) is 24.9 Å². The molecule has 1 aliphatic rings. The summed E-state index contributed by atoms with van der Waals surface area (Å²) < 4.78 is 0. The molecule has 1 saturated heterocycles. The highest BCUT2D eigenvalue weighted by molar-refractivity contribution is 5.24. The molecule has 1 aromatic rings. The summed E-state index contributed by atoms with van der Waals surface area (Å²) in [6, 6.07) is 11.3. The van der Waals surface area contributed by atoms with Crippen LogP contribution >= 0.6 is 0 Å². The Hall–Kier alpha value is -0.860. The number of likely N-dealkylation sites (N-methyl/N-ethyl adjacent to an activating group) is 1. The summed E-state index contributed by atoms with van der Waals surface area (Å²) in [6.07, 6.45) is 0. The number of likely N-dealkylation sites (tertiary alicyclic amines) is 1. The first-order chi connectivity index (χ1) is 6.70. The molecule has 0 aliphatic carbocycles. The Kier molecular flexibility index (Phi) is 2.57. The molecule has 3 unspecified atom stereocenters. The van der Waals surface area contributed by atoms with Crippen molar-refractivity contribution in [1.82, 2.24) is 4.90 Å². The first kappa shape index (κ1) is 9.69. The molecule has 0 saturated carbocycles. The van der Waals surface area contributed by atoms with Gasteiger partial charge in [0, 0.05) is 24.5 Å². The summed E-state index contributed by atoms with van der Waals surface area (Å²) in [6.45, 7) is 3.28. The average Bonchev–Trinajstić information content (AvgIpc) is 2.47. The lowest BCUT2D eigenvalue weighted by Crippen LogP contribution is -2.36. The highest BCUT2D eigenvalue weighted by atomic mass is 15.2. The Morgan fingerprint density at radius 2 is 1.93 bits per heavy atom. The van der Waals surface area contributed by atoms with Crippen LogP contribution in [-0.2, 0) is 0 Å². The zero-order valence-corrected chi connectivity index (χ0v) is 8.85. The fourth-order valence-electron chi connectivity index (χ4n) is 2.26. The Morgan fingerprint density at radius 1 is 1.29 bits per heavy atom. The molecular weight excluding hydrogens is 172 g/mol. The molecule has 0 amide bonds. The van der Waals surface area contributed by atoms with Crippen LogP contribution in [0.4, 0.5) is 0 Å². The molecule has 2 nitrogen and oxygen atoms in total. The first-order valence-electron chi connectivity index (χ1n) is 5.21. The van der Waals surface area contributed by atoms with Gasteiger partial charge in [0.2, 0.25) is 0 Å². The van der Waals surface area contributed by atoms with E-state index in [1.54, 1.807) is 0 Å². The predicted octanol–water partition coefficient (Wildman–Crippen LogP) is 1.43. The largest absolute Gasteiger partial charge is 0.326 e. The number of nitrogens with two attached hydrogens (primary N) is 1. The molecule has 2 N–H and O–H groups in total. The normalized spacial score (nSPS) is 33.5. The Bertz CT molecular complexity index is 296. The van der Waals surface area contributed by atoms with Crippen LogP contribution in [0, 0.1) is 0 Å². The number of hydrogen-bond donors (Lipinski definition) is 1. The van der Waals surface area contributed by atoms with E-state index in [1.807, 2.05) is 0 Å². The third-order valence-corrected chi connectivity index (χ3v) is 3.43. The second-order valence-corrected chi connectivity index (χ2v) is 4.27. The van der Waals surface area contributed by atoms with Gasteiger partial charge in [-0.15, -0.1) is 0 Å². The van der Waals surface area contributed by atoms with E-state index in [9.17, 15) is 0 Å². The van der Waals surface area contributed by atoms with Crippen LogP contribution in [0.5, 0.6) is 0 Å². The van der Waals surface area contributed by atoms with Crippen LogP contribution in [0.3, 0.4) is 0 Å². The van der Waals surface area contributed by atoms with Crippen molar-refractivity contribution >= 4 is 0 Å². The van der Waals surface area contributed by atoms with Crippen LogP contribution < -0.4 is 5.73 Å². The third kappa shape index (κ3) is 1.56. The summed E-state index contributed by atoms with van der Waals surface area (Å²) in [5.74, 6) is 0.496. The van der Waals surface area contributed by atoms with E-state index >= 15 is 0 Å². The molecule has 0 aromatic heterocycles. The van der Waals surface area contributed by atoms with Gasteiger partial charge in [-0.25, -0.2) is 0 Å². The van der Waals surface area contributed by atoms with Crippen molar-refractivity contribution < 1.29 is 0 Å². The van der Waals surface area contributed by atoms with Crippen LogP contribution in [0.1, 0.15) is 18.4 Å². The minimum Gasteiger partial charge on any atom is -0.326 e. The summed E-state index contributed by atoms with van der Waals surface area (Å²) >= 11 is 0. The molecule has 76 valence electrons. The maximum Gasteiger partial charge on any atom is 0.0275 e. The molecule has 2 rings (SSSR count). The highest BCUT2D eigenvalue weighted by Crippen LogP contribution is 2.29. The number of benzene rings is 1. The van der Waals surface area contributed by atoms with Gasteiger partial charge in [-0.2, -0.15) is 0 Å². The van der Waals surface area contributed by atoms with E-state index in [0.29, 0.717) is 12.0 Å². The lowest BCUT2D eigenvalue weighted by Gasteiger charge is -2.18. The topological polar surface area (TPSA) is 29.3 Å². The molecule has 0 radical (unpaired) electrons. The van der Waals surface area contributed by atoms with Crippen molar-refractivity contribution in [3.8, 4) is 0 Å². The minimum atomic E-state index is 0.266. The third-order valence-electron chi connectivity index (χ3n) is 3.43. The van der Waals surface area contributed by atoms with Gasteiger partial charge in [0.05, 0.1) is 0 Å². The summed E-state index contributed by atoms with van der Waals surface area (Å²) in [5.41, 5.74) is 7.57. The number of nitrogens with zero attached hydrogens (tertiary/aromatic N) is 1. The van der Waals surface area contributed by atoms with Gasteiger partial charge in [-0.3, -0.25) is 0 Å². The maximum atomic E-state index is 6.20. The summed E-state index contributed by atoms with van der Waals surface area (Å²) in [7, 11) is 2.15. The molecule has 0 spiro atoms. The van der Waals surface area contributed by atoms with Crippen LogP contribution in [0.25, 0.3) is 0 Å². The van der Waals surface area contributed by atoms with Crippen molar-refractivity contribution in [3.05, 3.63) is 35.9 Å². The highest BCUT2D eigenvalue weighted by Gasteiger charge is 2.34. The lowest BCUT2D eigenvalue weighted by molar-refractivity contribution is 0.318. The second kappa shape index (κ2) is 3.71. The fourth-order valence-corrected chi connectivity index (χ4v) is 2.26. The van der Waals surface area contributed by atoms with Gasteiger partial charge >= 0.3 is 0 Å². The first-order valence-corrected chi connectivity index (χ1v) is 5.21. The van der Waals surface area contributed by atoms with Gasteiger partial charge in [-0.05, 0) is 19.5 Å². The SMILES string of the molecule is CC1C(N)C(c2ccccc2)CN1C. The summed E-state index contributed by atoms with van der Waals surface area (Å²) in [5, 5.41) is 0. The Morgan fingerprint density at radius 3 is 2.43 bits per heavy atom. The molecule has 14 heavy (non-hydrogen) atoms. The van der Waals surface area contributed by atoms with E-state index in [-0.39, 0.29) is 6.04 Å². The van der Waals surface area contributed by atoms with Gasteiger partial charge in [0.25, 0.3) is 0 Å². The van der Waals surface area contributed by atoms with Crippen LogP contribution in [0.15, 0.2) is 30.3 Å². The Labute approximate surface area is 85.7 Å². The zero-order valence-electron chi connectivity index (χ0n) is 8.85. The van der Waals surface area contributed by atoms with Gasteiger partial charge in [0.1, 0.15) is 0 Å². The van der Waals surface area contributed by atoms with E-state index in [2.05, 4.69) is 49.2 Å². The second-order valence-electron chi connectivity index (χ2n) is 4.27. The molecule has 2 heteroatoms. The van der Waals surface area contributed by atoms with Crippen molar-refractivity contribution in [2.75, 3.05) is 13.6 Å². The molecule has 1 fully saturated rings. The monoisotopic (exact) mass is 190 g/mol. The van der Waals surface area contributed by atoms with Crippen molar-refractivity contribution in [2.24, 2.45) is 5.73 Å². The van der Waals surface area contributed by atoms with Crippen LogP contribution in [0.2, 0.25) is 0 Å². The van der Waals surface area contributed by atoms with Gasteiger partial charge in [0.15, 0.2) is 0 Å². The Balaban J connectivity index is 2.21. The average molecular weight is 190 g/mol. The molecular formula is C12H18N2. The minimum absolute atomic E-state index is 0.266. The van der Waals surface area contributed by atoms with Crippen molar-refractivity contribution in [3.63, 3.8) is 0 Å². The van der Waals surface area contributed by atoms with E-state index < -0.39 is 0 Å². The number of rotatable bonds is 1. The van der Waals surface area contributed by atoms with Gasteiger partial charge < -0.3 is 10.6 Å². The molecule has 1 heterocycles. The predicted molar refractivity (Wildman–Crippen MR) is 59.3 cm³/mol. The number of hydrogen-bond acceptors (Lipinski definition) is 2. The zero-order chi connectivity index (χ0) is 10.1. The maximum absolute atomic E-state index is 6.20. The van der Waals surface area contributed by atoms with E-state index in [1.165, 1.54) is 5.56 Å². The molecule has 1 aliphatic heterocycles. The van der Waals surface area contributed by atoms with Crippen LogP contribution in [-0.4, -0.2) is 30.6 Å². The smallest absolute Gasteiger partial charge is 0.0275 e. The standard InChI is InChI=1S/C12H18N2/c1-9-12(13)11(8-14(9)2)10-6-4-3-5-7-10/h3-7,9,11-12H,8,13H2,1-2H3. The van der Waals surface area contributed by atoms with Gasteiger partial charge in [-0.1, -0.05) is 30.3 Å². The van der Waals surface area contributed by atoms with Crippen molar-refractivity contribution in [1.29, 1.82) is 0 Å². The molecule has 1 aromatic carbocycles. The molecule has 3 atom stereocenters. The lowest BCUT2D eigenvalue weighted by atomic mass is 9.92. The van der Waals surface area contributed by atoms with E-state index in [0.717, 1.165) is 6.54 Å². The quantitative estimate of drug-likeness (QED) is 0.726.